The van der Waals surface area contributed by atoms with Crippen molar-refractivity contribution in [3.05, 3.63) is 77.4 Å². The normalized spacial score (nSPS) is 15.0. The van der Waals surface area contributed by atoms with Gasteiger partial charge in [0.2, 0.25) is 11.9 Å². The van der Waals surface area contributed by atoms with Gasteiger partial charge < -0.3 is 10.6 Å². The van der Waals surface area contributed by atoms with Gasteiger partial charge in [-0.3, -0.25) is 9.69 Å². The number of halogens is 1. The second-order valence-electron chi connectivity index (χ2n) is 8.49. The van der Waals surface area contributed by atoms with Crippen LogP contribution in [0, 0.1) is 5.82 Å². The number of hydrogen-bond acceptors (Lipinski definition) is 5. The van der Waals surface area contributed by atoms with Crippen LogP contribution in [0.1, 0.15) is 40.4 Å². The highest BCUT2D eigenvalue weighted by atomic mass is 19.1. The maximum atomic E-state index is 13.2. The number of benzene rings is 2. The number of primary amides is 1. The van der Waals surface area contributed by atoms with Gasteiger partial charge in [-0.25, -0.2) is 14.4 Å². The Labute approximate surface area is 187 Å². The third kappa shape index (κ3) is 4.94. The molecule has 2 N–H and O–H groups in total. The van der Waals surface area contributed by atoms with Crippen LogP contribution < -0.4 is 10.6 Å². The van der Waals surface area contributed by atoms with E-state index in [-0.39, 0.29) is 11.7 Å². The standard InChI is InChI=1S/C25H28FN5O/c1-30(2)25-28-15-22(19-4-3-5-20(14-19)24(27)32)23(29-25)18-10-12-31(13-11-18)16-17-6-8-21(26)9-7-17/h3-9,14-15,18H,10-13,16H2,1-2H3,(H2,27,32). The van der Waals surface area contributed by atoms with E-state index in [0.717, 1.165) is 54.9 Å². The van der Waals surface area contributed by atoms with Gasteiger partial charge in [0, 0.05) is 43.9 Å². The number of carbonyl (C=O) groups is 1. The summed E-state index contributed by atoms with van der Waals surface area (Å²) in [4.78, 5) is 25.4. The van der Waals surface area contributed by atoms with Crippen LogP contribution in [0.25, 0.3) is 11.1 Å². The molecular weight excluding hydrogens is 405 g/mol. The van der Waals surface area contributed by atoms with Crippen molar-refractivity contribution < 1.29 is 9.18 Å². The topological polar surface area (TPSA) is 75.4 Å². The van der Waals surface area contributed by atoms with Gasteiger partial charge in [0.25, 0.3) is 0 Å². The van der Waals surface area contributed by atoms with Gasteiger partial charge in [0.05, 0.1) is 5.69 Å². The first-order valence-electron chi connectivity index (χ1n) is 10.8. The molecule has 0 atom stereocenters. The molecule has 2 heterocycles. The summed E-state index contributed by atoms with van der Waals surface area (Å²) >= 11 is 0. The molecule has 1 aromatic heterocycles. The number of nitrogens with two attached hydrogens (primary N) is 1. The summed E-state index contributed by atoms with van der Waals surface area (Å²) in [5, 5.41) is 0. The maximum Gasteiger partial charge on any atom is 0.248 e. The molecule has 1 aliphatic heterocycles. The molecule has 1 fully saturated rings. The van der Waals surface area contributed by atoms with E-state index in [0.29, 0.717) is 11.5 Å². The van der Waals surface area contributed by atoms with Crippen LogP contribution in [0.15, 0.2) is 54.7 Å². The van der Waals surface area contributed by atoms with Crippen LogP contribution in [0.4, 0.5) is 10.3 Å². The van der Waals surface area contributed by atoms with Crippen molar-refractivity contribution in [2.24, 2.45) is 5.73 Å². The molecule has 0 bridgehead atoms. The summed E-state index contributed by atoms with van der Waals surface area (Å²) in [6.45, 7) is 2.68. The number of aromatic nitrogens is 2. The summed E-state index contributed by atoms with van der Waals surface area (Å²) in [6.07, 6.45) is 3.78. The minimum Gasteiger partial charge on any atom is -0.366 e. The van der Waals surface area contributed by atoms with E-state index >= 15 is 0 Å². The fourth-order valence-corrected chi connectivity index (χ4v) is 4.19. The highest BCUT2D eigenvalue weighted by Crippen LogP contribution is 2.35. The van der Waals surface area contributed by atoms with Crippen molar-refractivity contribution in [3.63, 3.8) is 0 Å². The zero-order chi connectivity index (χ0) is 22.7. The van der Waals surface area contributed by atoms with E-state index in [1.54, 1.807) is 6.07 Å². The van der Waals surface area contributed by atoms with Crippen LogP contribution in [0.3, 0.4) is 0 Å². The third-order valence-electron chi connectivity index (χ3n) is 5.96. The lowest BCUT2D eigenvalue weighted by Crippen LogP contribution is -2.33. The summed E-state index contributed by atoms with van der Waals surface area (Å²) in [7, 11) is 3.86. The Hall–Kier alpha value is -3.32. The number of hydrogen-bond donors (Lipinski definition) is 1. The molecule has 1 amide bonds. The monoisotopic (exact) mass is 433 g/mol. The number of nitrogens with zero attached hydrogens (tertiary/aromatic N) is 4. The van der Waals surface area contributed by atoms with Crippen molar-refractivity contribution in [1.82, 2.24) is 14.9 Å². The summed E-state index contributed by atoms with van der Waals surface area (Å²) < 4.78 is 13.2. The Morgan fingerprint density at radius 2 is 1.88 bits per heavy atom. The second kappa shape index (κ2) is 9.44. The van der Waals surface area contributed by atoms with Gasteiger partial charge >= 0.3 is 0 Å². The van der Waals surface area contributed by atoms with Crippen LogP contribution in [-0.2, 0) is 6.54 Å². The maximum absolute atomic E-state index is 13.2. The quantitative estimate of drug-likeness (QED) is 0.640. The second-order valence-corrected chi connectivity index (χ2v) is 8.49. The summed E-state index contributed by atoms with van der Waals surface area (Å²) in [6, 6.07) is 14.0. The molecule has 0 unspecified atom stereocenters. The summed E-state index contributed by atoms with van der Waals surface area (Å²) in [5.41, 5.74) is 9.92. The Morgan fingerprint density at radius 3 is 2.53 bits per heavy atom. The van der Waals surface area contributed by atoms with Crippen molar-refractivity contribution in [2.45, 2.75) is 25.3 Å². The number of anilines is 1. The number of carbonyl (C=O) groups excluding carboxylic acids is 1. The molecule has 0 spiro atoms. The first kappa shape index (κ1) is 21.9. The van der Waals surface area contributed by atoms with Gasteiger partial charge in [-0.2, -0.15) is 0 Å². The minimum absolute atomic E-state index is 0.208. The smallest absolute Gasteiger partial charge is 0.248 e. The minimum atomic E-state index is -0.451. The molecule has 4 rings (SSSR count). The van der Waals surface area contributed by atoms with Gasteiger partial charge in [0.1, 0.15) is 5.82 Å². The molecule has 6 nitrogen and oxygen atoms in total. The molecule has 2 aromatic carbocycles. The molecule has 0 saturated carbocycles. The lowest BCUT2D eigenvalue weighted by Gasteiger charge is -2.32. The van der Waals surface area contributed by atoms with Crippen LogP contribution in [-0.4, -0.2) is 48.0 Å². The largest absolute Gasteiger partial charge is 0.366 e. The molecule has 0 radical (unpaired) electrons. The Morgan fingerprint density at radius 1 is 1.16 bits per heavy atom. The fraction of sp³-hybridized carbons (Fsp3) is 0.320. The number of piperidine rings is 1. The van der Waals surface area contributed by atoms with Crippen molar-refractivity contribution in [3.8, 4) is 11.1 Å². The Kier molecular flexibility index (Phi) is 6.46. The fourth-order valence-electron chi connectivity index (χ4n) is 4.19. The predicted octanol–water partition coefficient (Wildman–Crippen LogP) is 3.83. The number of rotatable bonds is 6. The van der Waals surface area contributed by atoms with E-state index < -0.39 is 5.91 Å². The lowest BCUT2D eigenvalue weighted by atomic mass is 9.88. The molecular formula is C25H28FN5O. The van der Waals surface area contributed by atoms with E-state index in [1.807, 2.05) is 55.5 Å². The van der Waals surface area contributed by atoms with Gasteiger partial charge in [-0.15, -0.1) is 0 Å². The van der Waals surface area contributed by atoms with Gasteiger partial charge in [-0.1, -0.05) is 24.3 Å². The van der Waals surface area contributed by atoms with Gasteiger partial charge in [-0.05, 0) is 61.3 Å². The average Bonchev–Trinajstić information content (AvgIpc) is 2.81. The van der Waals surface area contributed by atoms with Gasteiger partial charge in [0.15, 0.2) is 0 Å². The van der Waals surface area contributed by atoms with Crippen molar-refractivity contribution in [2.75, 3.05) is 32.1 Å². The van der Waals surface area contributed by atoms with Crippen molar-refractivity contribution in [1.29, 1.82) is 0 Å². The molecule has 1 saturated heterocycles. The summed E-state index contributed by atoms with van der Waals surface area (Å²) in [5.74, 6) is 0.297. The molecule has 0 aliphatic carbocycles. The Balaban J connectivity index is 1.57. The zero-order valence-electron chi connectivity index (χ0n) is 18.5. The Bertz CT molecular complexity index is 1090. The highest BCUT2D eigenvalue weighted by Gasteiger charge is 2.25. The third-order valence-corrected chi connectivity index (χ3v) is 5.96. The van der Waals surface area contributed by atoms with Crippen LogP contribution in [0.5, 0.6) is 0 Å². The van der Waals surface area contributed by atoms with Crippen molar-refractivity contribution >= 4 is 11.9 Å². The molecule has 166 valence electrons. The van der Waals surface area contributed by atoms with Crippen LogP contribution >= 0.6 is 0 Å². The first-order valence-corrected chi connectivity index (χ1v) is 10.8. The highest BCUT2D eigenvalue weighted by molar-refractivity contribution is 5.94. The molecule has 3 aromatic rings. The first-order chi connectivity index (χ1) is 15.4. The number of likely N-dealkylation sites (tertiary alicyclic amines) is 1. The molecule has 1 aliphatic rings. The average molecular weight is 434 g/mol. The van der Waals surface area contributed by atoms with E-state index in [9.17, 15) is 9.18 Å². The predicted molar refractivity (Wildman–Crippen MR) is 124 cm³/mol. The van der Waals surface area contributed by atoms with E-state index in [1.165, 1.54) is 12.1 Å². The van der Waals surface area contributed by atoms with E-state index in [4.69, 9.17) is 10.7 Å². The van der Waals surface area contributed by atoms with Crippen LogP contribution in [0.2, 0.25) is 0 Å². The zero-order valence-corrected chi connectivity index (χ0v) is 18.5. The van der Waals surface area contributed by atoms with E-state index in [2.05, 4.69) is 9.88 Å². The lowest BCUT2D eigenvalue weighted by molar-refractivity contribution is 0.100. The molecule has 32 heavy (non-hydrogen) atoms. The SMILES string of the molecule is CN(C)c1ncc(-c2cccc(C(N)=O)c2)c(C2CCN(Cc3ccc(F)cc3)CC2)n1. The molecule has 7 heteroatoms. The number of amides is 1.